The minimum atomic E-state index is -3.62. The van der Waals surface area contributed by atoms with Gasteiger partial charge in [0.15, 0.2) is 0 Å². The number of nitrogens with zero attached hydrogens (tertiary/aromatic N) is 2. The molecule has 1 amide bonds. The molecule has 0 spiro atoms. The van der Waals surface area contributed by atoms with E-state index < -0.39 is 21.7 Å². The zero-order valence-electron chi connectivity index (χ0n) is 15.4. The van der Waals surface area contributed by atoms with E-state index in [9.17, 15) is 13.2 Å². The van der Waals surface area contributed by atoms with Gasteiger partial charge in [-0.3, -0.25) is 0 Å². The van der Waals surface area contributed by atoms with Crippen molar-refractivity contribution in [2.45, 2.75) is 51.0 Å². The topological polar surface area (TPSA) is 99.5 Å². The molecule has 1 fully saturated rings. The fourth-order valence-corrected chi connectivity index (χ4v) is 4.05. The van der Waals surface area contributed by atoms with E-state index in [1.165, 1.54) is 0 Å². The fraction of sp³-hybridized carbons (Fsp3) is 0.556. The lowest BCUT2D eigenvalue weighted by Gasteiger charge is -2.28. The van der Waals surface area contributed by atoms with Crippen LogP contribution in [-0.2, 0) is 20.5 Å². The molecule has 142 valence electrons. The molecular weight excluding hydrogens is 354 g/mol. The Kier molecular flexibility index (Phi) is 6.26. The Bertz CT molecular complexity index is 793. The maximum absolute atomic E-state index is 12.4. The molecule has 0 aromatic heterocycles. The average molecular weight is 379 g/mol. The number of benzene rings is 1. The highest BCUT2D eigenvalue weighted by atomic mass is 32.2. The maximum atomic E-state index is 12.4. The van der Waals surface area contributed by atoms with Gasteiger partial charge in [0.05, 0.1) is 17.4 Å². The van der Waals surface area contributed by atoms with Gasteiger partial charge in [-0.15, -0.1) is 0 Å². The molecule has 2 rings (SSSR count). The molecule has 1 aromatic carbocycles. The molecule has 0 saturated carbocycles. The summed E-state index contributed by atoms with van der Waals surface area (Å²) in [5, 5.41) is 9.08. The number of hydrogen-bond acceptors (Lipinski definition) is 5. The first-order chi connectivity index (χ1) is 12.1. The molecule has 1 N–H and O–H groups in total. The van der Waals surface area contributed by atoms with Crippen LogP contribution in [0.1, 0.15) is 44.7 Å². The van der Waals surface area contributed by atoms with Crippen LogP contribution in [0.25, 0.3) is 0 Å². The van der Waals surface area contributed by atoms with Gasteiger partial charge in [0.25, 0.3) is 0 Å². The van der Waals surface area contributed by atoms with Crippen LogP contribution in [0.4, 0.5) is 4.79 Å². The lowest BCUT2D eigenvalue weighted by molar-refractivity contribution is 0.0229. The van der Waals surface area contributed by atoms with Gasteiger partial charge in [0.1, 0.15) is 5.60 Å². The predicted molar refractivity (Wildman–Crippen MR) is 97.7 cm³/mol. The van der Waals surface area contributed by atoms with Crippen molar-refractivity contribution < 1.29 is 17.9 Å². The Balaban J connectivity index is 1.98. The fourth-order valence-electron chi connectivity index (χ4n) is 2.84. The van der Waals surface area contributed by atoms with Crippen molar-refractivity contribution in [3.05, 3.63) is 35.4 Å². The third-order valence-electron chi connectivity index (χ3n) is 4.03. The van der Waals surface area contributed by atoms with Crippen LogP contribution in [0.5, 0.6) is 0 Å². The Morgan fingerprint density at radius 1 is 1.38 bits per heavy atom. The van der Waals surface area contributed by atoms with Gasteiger partial charge in [0.2, 0.25) is 10.0 Å². The number of hydrogen-bond donors (Lipinski definition) is 1. The molecule has 0 bridgehead atoms. The van der Waals surface area contributed by atoms with Crippen LogP contribution < -0.4 is 4.72 Å². The number of likely N-dealkylation sites (tertiary alicyclic amines) is 1. The molecule has 26 heavy (non-hydrogen) atoms. The lowest BCUT2D eigenvalue weighted by atomic mass is 10.1. The smallest absolute Gasteiger partial charge is 0.410 e. The Morgan fingerprint density at radius 3 is 2.73 bits per heavy atom. The SMILES string of the molecule is CC(C)(C)OC(=O)N1CCC[C@@H]1CNS(=O)(=O)Cc1ccccc1C#N. The quantitative estimate of drug-likeness (QED) is 0.847. The van der Waals surface area contributed by atoms with Gasteiger partial charge in [-0.05, 0) is 45.2 Å². The number of nitriles is 1. The minimum Gasteiger partial charge on any atom is -0.444 e. The van der Waals surface area contributed by atoms with E-state index in [4.69, 9.17) is 10.00 Å². The zero-order valence-corrected chi connectivity index (χ0v) is 16.2. The van der Waals surface area contributed by atoms with Crippen molar-refractivity contribution >= 4 is 16.1 Å². The Hall–Kier alpha value is -2.11. The molecule has 1 aliphatic rings. The van der Waals surface area contributed by atoms with Crippen molar-refractivity contribution in [3.8, 4) is 6.07 Å². The van der Waals surface area contributed by atoms with Crippen LogP contribution in [0.3, 0.4) is 0 Å². The third kappa shape index (κ3) is 5.71. The molecule has 1 atom stereocenters. The second-order valence-electron chi connectivity index (χ2n) is 7.35. The lowest BCUT2D eigenvalue weighted by Crippen LogP contribution is -2.45. The van der Waals surface area contributed by atoms with Crippen LogP contribution in [-0.4, -0.2) is 44.1 Å². The average Bonchev–Trinajstić information content (AvgIpc) is 3.00. The van der Waals surface area contributed by atoms with E-state index >= 15 is 0 Å². The molecule has 1 saturated heterocycles. The van der Waals surface area contributed by atoms with Gasteiger partial charge < -0.3 is 9.64 Å². The highest BCUT2D eigenvalue weighted by Gasteiger charge is 2.32. The first-order valence-electron chi connectivity index (χ1n) is 8.56. The number of carbonyl (C=O) groups excluding carboxylic acids is 1. The van der Waals surface area contributed by atoms with Crippen molar-refractivity contribution in [2.75, 3.05) is 13.1 Å². The number of carbonyl (C=O) groups is 1. The monoisotopic (exact) mass is 379 g/mol. The second kappa shape index (κ2) is 8.06. The summed E-state index contributed by atoms with van der Waals surface area (Å²) < 4.78 is 32.7. The maximum Gasteiger partial charge on any atom is 0.410 e. The van der Waals surface area contributed by atoms with Crippen molar-refractivity contribution in [1.29, 1.82) is 5.26 Å². The molecule has 1 aromatic rings. The molecule has 1 aliphatic heterocycles. The van der Waals surface area contributed by atoms with E-state index in [-0.39, 0.29) is 18.3 Å². The van der Waals surface area contributed by atoms with E-state index in [0.717, 1.165) is 12.8 Å². The summed E-state index contributed by atoms with van der Waals surface area (Å²) in [4.78, 5) is 13.8. The summed E-state index contributed by atoms with van der Waals surface area (Å²) in [7, 11) is -3.62. The predicted octanol–water partition coefficient (Wildman–Crippen LogP) is 2.38. The van der Waals surface area contributed by atoms with Crippen LogP contribution in [0.2, 0.25) is 0 Å². The molecule has 1 heterocycles. The van der Waals surface area contributed by atoms with Gasteiger partial charge in [0, 0.05) is 19.1 Å². The number of ether oxygens (including phenoxy) is 1. The first kappa shape index (κ1) is 20.2. The van der Waals surface area contributed by atoms with Gasteiger partial charge in [-0.2, -0.15) is 5.26 Å². The van der Waals surface area contributed by atoms with E-state index in [2.05, 4.69) is 4.72 Å². The van der Waals surface area contributed by atoms with Crippen molar-refractivity contribution in [2.24, 2.45) is 0 Å². The summed E-state index contributed by atoms with van der Waals surface area (Å²) in [6, 6.07) is 8.38. The van der Waals surface area contributed by atoms with Crippen LogP contribution >= 0.6 is 0 Å². The molecule has 7 nitrogen and oxygen atoms in total. The molecular formula is C18H25N3O4S. The largest absolute Gasteiger partial charge is 0.444 e. The summed E-state index contributed by atoms with van der Waals surface area (Å²) >= 11 is 0. The van der Waals surface area contributed by atoms with E-state index in [1.54, 1.807) is 49.9 Å². The van der Waals surface area contributed by atoms with Gasteiger partial charge >= 0.3 is 6.09 Å². The molecule has 0 radical (unpaired) electrons. The molecule has 8 heteroatoms. The third-order valence-corrected chi connectivity index (χ3v) is 5.32. The van der Waals surface area contributed by atoms with E-state index in [0.29, 0.717) is 17.7 Å². The van der Waals surface area contributed by atoms with Gasteiger partial charge in [-0.25, -0.2) is 17.9 Å². The standard InChI is InChI=1S/C18H25N3O4S/c1-18(2,3)25-17(22)21-10-6-9-16(21)12-20-26(23,24)13-15-8-5-4-7-14(15)11-19/h4-5,7-8,16,20H,6,9-10,12-13H2,1-3H3/t16-/m1/s1. The van der Waals surface area contributed by atoms with Crippen LogP contribution in [0, 0.1) is 11.3 Å². The number of sulfonamides is 1. The van der Waals surface area contributed by atoms with E-state index in [1.807, 2.05) is 6.07 Å². The Morgan fingerprint density at radius 2 is 2.08 bits per heavy atom. The summed E-state index contributed by atoms with van der Waals surface area (Å²) in [5.74, 6) is -0.268. The highest BCUT2D eigenvalue weighted by molar-refractivity contribution is 7.88. The number of amides is 1. The number of nitrogens with one attached hydrogen (secondary N) is 1. The summed E-state index contributed by atoms with van der Waals surface area (Å²) in [6.07, 6.45) is 1.11. The Labute approximate surface area is 155 Å². The van der Waals surface area contributed by atoms with Gasteiger partial charge in [-0.1, -0.05) is 18.2 Å². The van der Waals surface area contributed by atoms with Crippen molar-refractivity contribution in [1.82, 2.24) is 9.62 Å². The normalized spacial score (nSPS) is 17.8. The van der Waals surface area contributed by atoms with Crippen LogP contribution in [0.15, 0.2) is 24.3 Å². The number of rotatable bonds is 5. The van der Waals surface area contributed by atoms with Crippen molar-refractivity contribution in [3.63, 3.8) is 0 Å². The highest BCUT2D eigenvalue weighted by Crippen LogP contribution is 2.21. The second-order valence-corrected chi connectivity index (χ2v) is 9.15. The first-order valence-corrected chi connectivity index (χ1v) is 10.2. The summed E-state index contributed by atoms with van der Waals surface area (Å²) in [5.41, 5.74) is 0.206. The molecule has 0 unspecified atom stereocenters. The zero-order chi connectivity index (χ0) is 19.4. The minimum absolute atomic E-state index is 0.135. The summed E-state index contributed by atoms with van der Waals surface area (Å²) in [6.45, 7) is 6.08. The molecule has 0 aliphatic carbocycles.